The molecular weight excluding hydrogens is 257 g/mol. The minimum Gasteiger partial charge on any atom is -0.406 e. The highest BCUT2D eigenvalue weighted by molar-refractivity contribution is 5.68. The first-order valence-corrected chi connectivity index (χ1v) is 5.66. The number of aromatic nitrogens is 2. The zero-order valence-electron chi connectivity index (χ0n) is 10.7. The van der Waals surface area contributed by atoms with Crippen molar-refractivity contribution in [1.82, 2.24) is 10.2 Å². The van der Waals surface area contributed by atoms with Gasteiger partial charge in [-0.15, -0.1) is 13.2 Å². The van der Waals surface area contributed by atoms with Crippen molar-refractivity contribution in [2.24, 2.45) is 0 Å². The molecule has 3 nitrogen and oxygen atoms in total. The first-order chi connectivity index (χ1) is 8.78. The Hall–Kier alpha value is -1.98. The smallest absolute Gasteiger partial charge is 0.406 e. The van der Waals surface area contributed by atoms with Gasteiger partial charge in [0.25, 0.3) is 0 Å². The lowest BCUT2D eigenvalue weighted by Gasteiger charge is -2.11. The Bertz CT molecular complexity index is 602. The second kappa shape index (κ2) is 4.60. The van der Waals surface area contributed by atoms with Gasteiger partial charge in [0.15, 0.2) is 0 Å². The first kappa shape index (κ1) is 13.5. The van der Waals surface area contributed by atoms with Crippen LogP contribution in [0.25, 0.3) is 11.3 Å². The Morgan fingerprint density at radius 1 is 1.16 bits per heavy atom. The summed E-state index contributed by atoms with van der Waals surface area (Å²) < 4.78 is 40.3. The predicted molar refractivity (Wildman–Crippen MR) is 64.9 cm³/mol. The third-order valence-corrected chi connectivity index (χ3v) is 2.94. The molecule has 0 fully saturated rings. The Morgan fingerprint density at radius 3 is 2.32 bits per heavy atom. The van der Waals surface area contributed by atoms with Gasteiger partial charge in [-0.2, -0.15) is 5.10 Å². The number of H-pyrrole nitrogens is 1. The second-order valence-corrected chi connectivity index (χ2v) is 4.35. The van der Waals surface area contributed by atoms with E-state index in [9.17, 15) is 13.2 Å². The molecule has 102 valence electrons. The predicted octanol–water partition coefficient (Wildman–Crippen LogP) is 3.90. The van der Waals surface area contributed by atoms with Gasteiger partial charge < -0.3 is 4.74 Å². The third kappa shape index (κ3) is 2.89. The molecule has 6 heteroatoms. The Morgan fingerprint density at radius 2 is 1.84 bits per heavy atom. The molecule has 2 aromatic rings. The van der Waals surface area contributed by atoms with Crippen LogP contribution in [0, 0.1) is 20.8 Å². The summed E-state index contributed by atoms with van der Waals surface area (Å²) in [7, 11) is 0. The molecule has 0 spiro atoms. The molecule has 0 atom stereocenters. The summed E-state index contributed by atoms with van der Waals surface area (Å²) in [6.45, 7) is 5.53. The summed E-state index contributed by atoms with van der Waals surface area (Å²) in [5, 5.41) is 7.02. The quantitative estimate of drug-likeness (QED) is 0.898. The monoisotopic (exact) mass is 270 g/mol. The lowest BCUT2D eigenvalue weighted by atomic mass is 10.0. The van der Waals surface area contributed by atoms with Crippen molar-refractivity contribution in [2.45, 2.75) is 27.1 Å². The largest absolute Gasteiger partial charge is 0.573 e. The lowest BCUT2D eigenvalue weighted by Crippen LogP contribution is -2.17. The normalized spacial score (nSPS) is 11.7. The summed E-state index contributed by atoms with van der Waals surface area (Å²) in [6.07, 6.45) is -4.67. The van der Waals surface area contributed by atoms with Gasteiger partial charge in [0.05, 0.1) is 5.69 Å². The lowest BCUT2D eigenvalue weighted by molar-refractivity contribution is -0.274. The van der Waals surface area contributed by atoms with Gasteiger partial charge in [0.1, 0.15) is 5.75 Å². The first-order valence-electron chi connectivity index (χ1n) is 5.66. The fourth-order valence-corrected chi connectivity index (χ4v) is 1.85. The zero-order chi connectivity index (χ0) is 14.2. The number of nitrogens with zero attached hydrogens (tertiary/aromatic N) is 1. The summed E-state index contributed by atoms with van der Waals surface area (Å²) in [5.41, 5.74) is 4.12. The number of benzene rings is 1. The van der Waals surface area contributed by atoms with Crippen LogP contribution >= 0.6 is 0 Å². The molecule has 1 aromatic carbocycles. The van der Waals surface area contributed by atoms with Crippen LogP contribution in [0.15, 0.2) is 18.2 Å². The van der Waals surface area contributed by atoms with Crippen molar-refractivity contribution in [2.75, 3.05) is 0 Å². The van der Waals surface area contributed by atoms with Crippen molar-refractivity contribution in [1.29, 1.82) is 0 Å². The highest BCUT2D eigenvalue weighted by Crippen LogP contribution is 2.30. The van der Waals surface area contributed by atoms with E-state index in [2.05, 4.69) is 14.9 Å². The number of hydrogen-bond acceptors (Lipinski definition) is 2. The average molecular weight is 270 g/mol. The fourth-order valence-electron chi connectivity index (χ4n) is 1.85. The minimum atomic E-state index is -4.67. The van der Waals surface area contributed by atoms with Crippen molar-refractivity contribution in [3.63, 3.8) is 0 Å². The highest BCUT2D eigenvalue weighted by atomic mass is 19.4. The number of halogens is 3. The van der Waals surface area contributed by atoms with Crippen LogP contribution in [0.5, 0.6) is 5.75 Å². The number of aryl methyl sites for hydroxylation is 2. The van der Waals surface area contributed by atoms with Crippen molar-refractivity contribution in [3.8, 4) is 17.0 Å². The van der Waals surface area contributed by atoms with Gasteiger partial charge in [0.2, 0.25) is 0 Å². The highest BCUT2D eigenvalue weighted by Gasteiger charge is 2.31. The number of aromatic amines is 1. The van der Waals surface area contributed by atoms with Crippen LogP contribution < -0.4 is 4.74 Å². The molecule has 0 amide bonds. The van der Waals surface area contributed by atoms with E-state index in [0.717, 1.165) is 22.5 Å². The van der Waals surface area contributed by atoms with E-state index in [1.54, 1.807) is 13.0 Å². The standard InChI is InChI=1S/C13H13F3N2O/c1-7-6-10(19-13(14,15)16)4-5-11(7)12-8(2)9(3)17-18-12/h4-6H,1-3H3,(H,17,18). The number of alkyl halides is 3. The second-order valence-electron chi connectivity index (χ2n) is 4.35. The molecule has 0 saturated heterocycles. The van der Waals surface area contributed by atoms with Crippen molar-refractivity contribution < 1.29 is 17.9 Å². The molecule has 0 bridgehead atoms. The molecule has 0 aliphatic rings. The molecule has 1 heterocycles. The Kier molecular flexibility index (Phi) is 3.26. The average Bonchev–Trinajstić information content (AvgIpc) is 2.58. The summed E-state index contributed by atoms with van der Waals surface area (Å²) in [4.78, 5) is 0. The Balaban J connectivity index is 2.37. The maximum Gasteiger partial charge on any atom is 0.573 e. The third-order valence-electron chi connectivity index (χ3n) is 2.94. The topological polar surface area (TPSA) is 37.9 Å². The number of nitrogens with one attached hydrogen (secondary N) is 1. The van der Waals surface area contributed by atoms with Crippen molar-refractivity contribution in [3.05, 3.63) is 35.0 Å². The molecule has 0 aliphatic heterocycles. The van der Waals surface area contributed by atoms with Gasteiger partial charge in [-0.3, -0.25) is 5.10 Å². The molecule has 0 unspecified atom stereocenters. The van der Waals surface area contributed by atoms with Crippen LogP contribution in [-0.2, 0) is 0 Å². The molecule has 0 radical (unpaired) electrons. The minimum absolute atomic E-state index is 0.223. The van der Waals surface area contributed by atoms with Crippen molar-refractivity contribution >= 4 is 0 Å². The molecule has 0 aliphatic carbocycles. The molecule has 1 aromatic heterocycles. The van der Waals surface area contributed by atoms with Gasteiger partial charge >= 0.3 is 6.36 Å². The van der Waals surface area contributed by atoms with E-state index in [1.165, 1.54) is 12.1 Å². The maximum atomic E-state index is 12.1. The molecule has 19 heavy (non-hydrogen) atoms. The summed E-state index contributed by atoms with van der Waals surface area (Å²) in [5.74, 6) is -0.223. The van der Waals surface area contributed by atoms with E-state index < -0.39 is 6.36 Å². The molecular formula is C13H13F3N2O. The zero-order valence-corrected chi connectivity index (χ0v) is 10.7. The van der Waals surface area contributed by atoms with Gasteiger partial charge in [-0.05, 0) is 50.1 Å². The van der Waals surface area contributed by atoms with Gasteiger partial charge in [0, 0.05) is 11.3 Å². The van der Waals surface area contributed by atoms with Gasteiger partial charge in [-0.25, -0.2) is 0 Å². The number of ether oxygens (including phenoxy) is 1. The van der Waals surface area contributed by atoms with Crippen LogP contribution in [0.4, 0.5) is 13.2 Å². The van der Waals surface area contributed by atoms with E-state index >= 15 is 0 Å². The number of hydrogen-bond donors (Lipinski definition) is 1. The number of rotatable bonds is 2. The molecule has 2 rings (SSSR count). The fraction of sp³-hybridized carbons (Fsp3) is 0.308. The van der Waals surface area contributed by atoms with Crippen LogP contribution in [0.3, 0.4) is 0 Å². The van der Waals surface area contributed by atoms with Crippen LogP contribution in [0.2, 0.25) is 0 Å². The molecule has 0 saturated carbocycles. The van der Waals surface area contributed by atoms with Gasteiger partial charge in [-0.1, -0.05) is 0 Å². The Labute approximate surface area is 108 Å². The molecule has 1 N–H and O–H groups in total. The van der Waals surface area contributed by atoms with E-state index in [0.29, 0.717) is 5.56 Å². The van der Waals surface area contributed by atoms with E-state index in [-0.39, 0.29) is 5.75 Å². The van der Waals surface area contributed by atoms with Crippen LogP contribution in [0.1, 0.15) is 16.8 Å². The SMILES string of the molecule is Cc1cc(OC(F)(F)F)ccc1-c1n[nH]c(C)c1C. The maximum absolute atomic E-state index is 12.1. The summed E-state index contributed by atoms with van der Waals surface area (Å²) in [6, 6.07) is 4.23. The van der Waals surface area contributed by atoms with E-state index in [1.807, 2.05) is 13.8 Å². The summed E-state index contributed by atoms with van der Waals surface area (Å²) >= 11 is 0. The van der Waals surface area contributed by atoms with E-state index in [4.69, 9.17) is 0 Å². The van der Waals surface area contributed by atoms with Crippen LogP contribution in [-0.4, -0.2) is 16.6 Å².